The summed E-state index contributed by atoms with van der Waals surface area (Å²) in [6.45, 7) is 0.721. The van der Waals surface area contributed by atoms with Gasteiger partial charge >= 0.3 is 0 Å². The van der Waals surface area contributed by atoms with Gasteiger partial charge in [0.2, 0.25) is 5.95 Å². The van der Waals surface area contributed by atoms with Crippen LogP contribution in [0.1, 0.15) is 11.1 Å². The van der Waals surface area contributed by atoms with Crippen LogP contribution in [-0.2, 0) is 6.42 Å². The summed E-state index contributed by atoms with van der Waals surface area (Å²) in [4.78, 5) is 4.38. The molecule has 0 aliphatic rings. The normalized spacial score (nSPS) is 9.96. The molecule has 0 aliphatic heterocycles. The van der Waals surface area contributed by atoms with Gasteiger partial charge in [0.05, 0.1) is 17.8 Å². The van der Waals surface area contributed by atoms with Gasteiger partial charge in [0, 0.05) is 12.2 Å². The molecule has 6 heteroatoms. The summed E-state index contributed by atoms with van der Waals surface area (Å²) in [6, 6.07) is 19.5. The quantitative estimate of drug-likeness (QED) is 0.726. The highest BCUT2D eigenvalue weighted by Crippen LogP contribution is 2.15. The number of hydrogen-bond acceptors (Lipinski definition) is 6. The summed E-state index contributed by atoms with van der Waals surface area (Å²) in [7, 11) is 0. The fourth-order valence-electron chi connectivity index (χ4n) is 2.22. The van der Waals surface area contributed by atoms with Crippen molar-refractivity contribution in [2.45, 2.75) is 6.42 Å². The first-order chi connectivity index (χ1) is 11.8. The second kappa shape index (κ2) is 7.70. The minimum absolute atomic E-state index is 0.465. The molecular weight excluding hydrogens is 300 g/mol. The summed E-state index contributed by atoms with van der Waals surface area (Å²) in [5, 5.41) is 23.2. The van der Waals surface area contributed by atoms with E-state index in [0.29, 0.717) is 17.3 Å². The lowest BCUT2D eigenvalue weighted by Crippen LogP contribution is -2.09. The number of nitrogens with zero attached hydrogens (tertiary/aromatic N) is 4. The second-order valence-corrected chi connectivity index (χ2v) is 5.15. The molecule has 0 fully saturated rings. The van der Waals surface area contributed by atoms with Crippen LogP contribution in [-0.4, -0.2) is 21.7 Å². The molecule has 118 valence electrons. The molecule has 0 amide bonds. The zero-order valence-electron chi connectivity index (χ0n) is 13.0. The lowest BCUT2D eigenvalue weighted by Gasteiger charge is -2.08. The van der Waals surface area contributed by atoms with Gasteiger partial charge < -0.3 is 10.6 Å². The van der Waals surface area contributed by atoms with E-state index in [4.69, 9.17) is 5.26 Å². The van der Waals surface area contributed by atoms with Crippen LogP contribution in [0.25, 0.3) is 0 Å². The third-order valence-corrected chi connectivity index (χ3v) is 3.36. The number of aromatic nitrogens is 3. The Kier molecular flexibility index (Phi) is 4.95. The Balaban J connectivity index is 1.60. The van der Waals surface area contributed by atoms with E-state index >= 15 is 0 Å². The van der Waals surface area contributed by atoms with Crippen molar-refractivity contribution in [3.8, 4) is 6.07 Å². The molecule has 0 bridgehead atoms. The molecule has 1 aromatic heterocycles. The van der Waals surface area contributed by atoms with Crippen molar-refractivity contribution < 1.29 is 0 Å². The first-order valence-electron chi connectivity index (χ1n) is 7.58. The van der Waals surface area contributed by atoms with E-state index in [2.05, 4.69) is 44.0 Å². The van der Waals surface area contributed by atoms with E-state index in [1.807, 2.05) is 30.3 Å². The van der Waals surface area contributed by atoms with E-state index in [9.17, 15) is 0 Å². The summed E-state index contributed by atoms with van der Waals surface area (Å²) < 4.78 is 0. The topological polar surface area (TPSA) is 86.5 Å². The van der Waals surface area contributed by atoms with Crippen LogP contribution >= 0.6 is 0 Å². The summed E-state index contributed by atoms with van der Waals surface area (Å²) in [5.41, 5.74) is 2.62. The van der Waals surface area contributed by atoms with Crippen LogP contribution in [0.15, 0.2) is 60.8 Å². The highest BCUT2D eigenvalue weighted by atomic mass is 15.3. The van der Waals surface area contributed by atoms with Gasteiger partial charge in [0.25, 0.3) is 0 Å². The average Bonchev–Trinajstić information content (AvgIpc) is 2.63. The monoisotopic (exact) mass is 316 g/mol. The van der Waals surface area contributed by atoms with Gasteiger partial charge in [-0.3, -0.25) is 0 Å². The number of nitrogens with one attached hydrogen (secondary N) is 2. The highest BCUT2D eigenvalue weighted by molar-refractivity contribution is 5.58. The SMILES string of the molecule is N#Cc1cccc(Nc2cnnc(NCCc3ccccc3)n2)c1. The van der Waals surface area contributed by atoms with Crippen molar-refractivity contribution in [1.82, 2.24) is 15.2 Å². The molecule has 6 nitrogen and oxygen atoms in total. The van der Waals surface area contributed by atoms with Crippen molar-refractivity contribution in [2.75, 3.05) is 17.2 Å². The van der Waals surface area contributed by atoms with E-state index < -0.39 is 0 Å². The fourth-order valence-corrected chi connectivity index (χ4v) is 2.22. The van der Waals surface area contributed by atoms with E-state index in [0.717, 1.165) is 18.7 Å². The second-order valence-electron chi connectivity index (χ2n) is 5.15. The molecule has 24 heavy (non-hydrogen) atoms. The molecule has 1 heterocycles. The fraction of sp³-hybridized carbons (Fsp3) is 0.111. The molecule has 2 N–H and O–H groups in total. The van der Waals surface area contributed by atoms with Gasteiger partial charge in [0.15, 0.2) is 5.82 Å². The maximum atomic E-state index is 8.94. The zero-order valence-corrected chi connectivity index (χ0v) is 13.0. The van der Waals surface area contributed by atoms with Crippen molar-refractivity contribution in [3.05, 3.63) is 71.9 Å². The number of nitriles is 1. The molecule has 0 unspecified atom stereocenters. The van der Waals surface area contributed by atoms with Gasteiger partial charge in [-0.25, -0.2) is 0 Å². The molecular formula is C18H16N6. The first kappa shape index (κ1) is 15.4. The molecule has 0 saturated heterocycles. The third kappa shape index (κ3) is 4.27. The predicted molar refractivity (Wildman–Crippen MR) is 92.9 cm³/mol. The number of rotatable bonds is 6. The smallest absolute Gasteiger partial charge is 0.244 e. The van der Waals surface area contributed by atoms with Crippen LogP contribution in [0.5, 0.6) is 0 Å². The molecule has 2 aromatic carbocycles. The molecule has 3 aromatic rings. The zero-order chi connectivity index (χ0) is 16.6. The van der Waals surface area contributed by atoms with Gasteiger partial charge in [-0.2, -0.15) is 15.3 Å². The average molecular weight is 316 g/mol. The molecule has 0 radical (unpaired) electrons. The Morgan fingerprint density at radius 2 is 1.92 bits per heavy atom. The molecule has 3 rings (SSSR count). The largest absolute Gasteiger partial charge is 0.353 e. The van der Waals surface area contributed by atoms with Crippen LogP contribution in [0, 0.1) is 11.3 Å². The molecule has 0 atom stereocenters. The van der Waals surface area contributed by atoms with Crippen molar-refractivity contribution in [3.63, 3.8) is 0 Å². The number of hydrogen-bond donors (Lipinski definition) is 2. The van der Waals surface area contributed by atoms with Crippen LogP contribution < -0.4 is 10.6 Å². The minimum Gasteiger partial charge on any atom is -0.353 e. The van der Waals surface area contributed by atoms with Crippen molar-refractivity contribution in [1.29, 1.82) is 5.26 Å². The highest BCUT2D eigenvalue weighted by Gasteiger charge is 2.02. The standard InChI is InChI=1S/C18H16N6/c19-12-15-7-4-8-16(11-15)22-17-13-21-24-18(23-17)20-10-9-14-5-2-1-3-6-14/h1-8,11,13H,9-10H2,(H2,20,22,23,24). The van der Waals surface area contributed by atoms with Crippen molar-refractivity contribution in [2.24, 2.45) is 0 Å². The van der Waals surface area contributed by atoms with Gasteiger partial charge in [0.1, 0.15) is 0 Å². The summed E-state index contributed by atoms with van der Waals surface area (Å²) in [6.07, 6.45) is 2.42. The van der Waals surface area contributed by atoms with Crippen molar-refractivity contribution >= 4 is 17.5 Å². The van der Waals surface area contributed by atoms with Gasteiger partial charge in [-0.15, -0.1) is 5.10 Å². The maximum absolute atomic E-state index is 8.94. The number of benzene rings is 2. The Morgan fingerprint density at radius 3 is 2.75 bits per heavy atom. The molecule has 0 saturated carbocycles. The third-order valence-electron chi connectivity index (χ3n) is 3.36. The van der Waals surface area contributed by atoms with E-state index in [1.165, 1.54) is 5.56 Å². The van der Waals surface area contributed by atoms with E-state index in [1.54, 1.807) is 18.3 Å². The Morgan fingerprint density at radius 1 is 1.04 bits per heavy atom. The summed E-state index contributed by atoms with van der Waals surface area (Å²) >= 11 is 0. The van der Waals surface area contributed by atoms with Gasteiger partial charge in [-0.1, -0.05) is 36.4 Å². The predicted octanol–water partition coefficient (Wildman–Crippen LogP) is 3.14. The molecule has 0 aliphatic carbocycles. The summed E-state index contributed by atoms with van der Waals surface area (Å²) in [5.74, 6) is 1.04. The van der Waals surface area contributed by atoms with Crippen LogP contribution in [0.2, 0.25) is 0 Å². The van der Waals surface area contributed by atoms with Crippen LogP contribution in [0.4, 0.5) is 17.5 Å². The number of anilines is 3. The Bertz CT molecular complexity index is 841. The first-order valence-corrected chi connectivity index (χ1v) is 7.58. The molecule has 0 spiro atoms. The lowest BCUT2D eigenvalue weighted by molar-refractivity contribution is 0.929. The lowest BCUT2D eigenvalue weighted by atomic mass is 10.1. The minimum atomic E-state index is 0.465. The maximum Gasteiger partial charge on any atom is 0.244 e. The van der Waals surface area contributed by atoms with Crippen LogP contribution in [0.3, 0.4) is 0 Å². The van der Waals surface area contributed by atoms with Gasteiger partial charge in [-0.05, 0) is 30.2 Å². The Labute approximate surface area is 140 Å². The van der Waals surface area contributed by atoms with E-state index in [-0.39, 0.29) is 0 Å². The Hall–Kier alpha value is -3.46.